The molecule has 326 valence electrons. The van der Waals surface area contributed by atoms with Gasteiger partial charge in [0.2, 0.25) is 0 Å². The Morgan fingerprint density at radius 2 is 1.05 bits per heavy atom. The third kappa shape index (κ3) is 13.1. The van der Waals surface area contributed by atoms with Crippen LogP contribution in [0.2, 0.25) is 10.0 Å². The average Bonchev–Trinajstić information content (AvgIpc) is 3.32. The van der Waals surface area contributed by atoms with Crippen molar-refractivity contribution in [2.45, 2.75) is 119 Å². The summed E-state index contributed by atoms with van der Waals surface area (Å²) in [6.07, 6.45) is -0.0904. The molecule has 4 N–H and O–H groups in total. The van der Waals surface area contributed by atoms with E-state index in [0.717, 1.165) is 48.3 Å². The third-order valence-electron chi connectivity index (χ3n) is 10.5. The van der Waals surface area contributed by atoms with Crippen LogP contribution in [0.15, 0.2) is 53.0 Å². The molecule has 0 unspecified atom stereocenters. The molecule has 60 heavy (non-hydrogen) atoms. The third-order valence-corrected chi connectivity index (χ3v) is 11.4. The van der Waals surface area contributed by atoms with E-state index in [1.165, 1.54) is 0 Å². The highest BCUT2D eigenvalue weighted by Crippen LogP contribution is 2.38. The average molecular weight is 935 g/mol. The first-order valence-corrected chi connectivity index (χ1v) is 21.4. The Labute approximate surface area is 373 Å². The van der Waals surface area contributed by atoms with Gasteiger partial charge in [-0.3, -0.25) is 9.59 Å². The number of hydrogen-bond acceptors (Lipinski definition) is 8. The molecular weight excluding hydrogens is 876 g/mol. The predicted molar refractivity (Wildman–Crippen MR) is 243 cm³/mol. The number of ether oxygens (including phenoxy) is 2. The summed E-state index contributed by atoms with van der Waals surface area (Å²) in [4.78, 5) is 23.0. The van der Waals surface area contributed by atoms with Gasteiger partial charge in [0.25, 0.3) is 0 Å². The van der Waals surface area contributed by atoms with Gasteiger partial charge in [-0.1, -0.05) is 39.1 Å². The van der Waals surface area contributed by atoms with Gasteiger partial charge in [-0.15, -0.1) is 0 Å². The fraction of sp³-hybridized carbons (Fsp3) is 0.435. The van der Waals surface area contributed by atoms with Crippen LogP contribution in [0.1, 0.15) is 111 Å². The van der Waals surface area contributed by atoms with Gasteiger partial charge in [-0.25, -0.2) is 8.78 Å². The predicted octanol–water partition coefficient (Wildman–Crippen LogP) is 11.1. The number of hydrogen-bond donors (Lipinski definition) is 2. The topological polar surface area (TPSA) is 123 Å². The number of aryl methyl sites for hydroxylation is 6. The highest BCUT2D eigenvalue weighted by molar-refractivity contribution is 9.10. The first-order chi connectivity index (χ1) is 27.8. The number of halogens is 5. The Morgan fingerprint density at radius 3 is 1.47 bits per heavy atom. The van der Waals surface area contributed by atoms with E-state index in [-0.39, 0.29) is 49.4 Å². The lowest BCUT2D eigenvalue weighted by Crippen LogP contribution is -2.41. The van der Waals surface area contributed by atoms with Crippen LogP contribution in [0, 0.1) is 53.2 Å². The van der Waals surface area contributed by atoms with E-state index in [9.17, 15) is 18.4 Å². The van der Waals surface area contributed by atoms with Crippen LogP contribution in [0.5, 0.6) is 0 Å². The van der Waals surface area contributed by atoms with Gasteiger partial charge in [0.15, 0.2) is 0 Å². The summed E-state index contributed by atoms with van der Waals surface area (Å²) in [7, 11) is -0.313. The van der Waals surface area contributed by atoms with Crippen molar-refractivity contribution in [3.8, 4) is 11.1 Å². The maximum absolute atomic E-state index is 14.6. The van der Waals surface area contributed by atoms with E-state index in [1.807, 2.05) is 52.0 Å². The van der Waals surface area contributed by atoms with Crippen molar-refractivity contribution in [2.24, 2.45) is 11.5 Å². The van der Waals surface area contributed by atoms with Gasteiger partial charge < -0.3 is 30.2 Å². The van der Waals surface area contributed by atoms with Gasteiger partial charge in [0.1, 0.15) is 11.6 Å². The SMILES string of the molecule is CCOC(=O)C[C@H](N)c1cc(-c2c(C)cc(Cl)cc2C)cc(C)c1F.CCOC(=O)C[C@H](N)c1cc(Br)cc(C)c1F.Cc1cc(Cl)cc(C)c1B1OC(C)(C)C(C)(C)O1. The molecule has 0 radical (unpaired) electrons. The molecule has 0 bridgehead atoms. The van der Waals surface area contributed by atoms with Crippen LogP contribution in [-0.2, 0) is 28.4 Å². The smallest absolute Gasteiger partial charge is 0.466 e. The van der Waals surface area contributed by atoms with Crippen LogP contribution in [0.4, 0.5) is 8.78 Å². The Morgan fingerprint density at radius 1 is 0.667 bits per heavy atom. The summed E-state index contributed by atoms with van der Waals surface area (Å²) in [6, 6.07) is 13.0. The minimum atomic E-state index is -0.759. The molecule has 4 aromatic rings. The summed E-state index contributed by atoms with van der Waals surface area (Å²) in [5.41, 5.74) is 20.1. The molecule has 5 rings (SSSR count). The number of esters is 2. The zero-order valence-electron chi connectivity index (χ0n) is 36.7. The lowest BCUT2D eigenvalue weighted by molar-refractivity contribution is -0.144. The summed E-state index contributed by atoms with van der Waals surface area (Å²) in [5, 5.41) is 1.42. The van der Waals surface area contributed by atoms with Crippen LogP contribution >= 0.6 is 39.1 Å². The zero-order valence-corrected chi connectivity index (χ0v) is 39.8. The molecule has 0 aromatic heterocycles. The van der Waals surface area contributed by atoms with Gasteiger partial charge in [0.05, 0.1) is 37.3 Å². The largest absolute Gasteiger partial charge is 0.495 e. The second kappa shape index (κ2) is 21.6. The maximum Gasteiger partial charge on any atom is 0.495 e. The van der Waals surface area contributed by atoms with Crippen LogP contribution in [0.3, 0.4) is 0 Å². The van der Waals surface area contributed by atoms with Crippen molar-refractivity contribution in [3.63, 3.8) is 0 Å². The maximum atomic E-state index is 14.6. The highest BCUT2D eigenvalue weighted by Gasteiger charge is 2.52. The van der Waals surface area contributed by atoms with Gasteiger partial charge in [0, 0.05) is 37.7 Å². The van der Waals surface area contributed by atoms with Crippen LogP contribution < -0.4 is 16.9 Å². The van der Waals surface area contributed by atoms with E-state index >= 15 is 0 Å². The standard InChI is InChI=1S/C20H23ClFNO2.C14H20BClO2.C12H15BrFNO2/c1-5-25-18(24)10-17(23)16-9-14(6-13(4)20(16)22)19-11(2)7-15(21)8-12(19)3;1-9-7-11(16)8-10(2)12(9)15-17-13(3,4)14(5,6)18-15;1-3-17-11(16)6-10(15)9-5-8(13)4-7(2)12(9)14/h6-9,17H,5,10,23H2,1-4H3;7-8H,1-6H3;4-5,10H,3,6,15H2,1-2H3/t17-;;10-/m0.0/s1. The molecule has 4 aromatic carbocycles. The lowest BCUT2D eigenvalue weighted by atomic mass is 9.73. The van der Waals surface area contributed by atoms with Crippen molar-refractivity contribution >= 4 is 63.7 Å². The fourth-order valence-electron chi connectivity index (χ4n) is 6.87. The molecule has 1 fully saturated rings. The fourth-order valence-corrected chi connectivity index (χ4v) is 8.12. The van der Waals surface area contributed by atoms with Crippen LogP contribution in [-0.4, -0.2) is 43.5 Å². The van der Waals surface area contributed by atoms with Crippen molar-refractivity contribution in [2.75, 3.05) is 13.2 Å². The quantitative estimate of drug-likeness (QED) is 0.119. The Balaban J connectivity index is 0.000000247. The molecule has 1 aliphatic heterocycles. The second-order valence-corrected chi connectivity index (χ2v) is 17.8. The number of rotatable bonds is 10. The molecule has 1 aliphatic rings. The van der Waals surface area contributed by atoms with E-state index in [1.54, 1.807) is 52.0 Å². The summed E-state index contributed by atoms with van der Waals surface area (Å²) in [5.74, 6) is -1.61. The number of carbonyl (C=O) groups is 2. The Hall–Kier alpha value is -3.36. The summed E-state index contributed by atoms with van der Waals surface area (Å²) >= 11 is 15.4. The van der Waals surface area contributed by atoms with Gasteiger partial charge in [-0.05, 0) is 182 Å². The monoisotopic (exact) mass is 932 g/mol. The molecule has 1 heterocycles. The summed E-state index contributed by atoms with van der Waals surface area (Å²) in [6.45, 7) is 23.6. The van der Waals surface area contributed by atoms with Gasteiger partial charge >= 0.3 is 19.1 Å². The van der Waals surface area contributed by atoms with E-state index in [4.69, 9.17) is 53.5 Å². The zero-order chi connectivity index (χ0) is 45.4. The number of nitrogens with two attached hydrogens (primary N) is 2. The van der Waals surface area contributed by atoms with E-state index in [2.05, 4.69) is 43.6 Å². The van der Waals surface area contributed by atoms with Crippen molar-refractivity contribution < 1.29 is 37.2 Å². The van der Waals surface area contributed by atoms with Crippen molar-refractivity contribution in [1.29, 1.82) is 0 Å². The molecule has 0 spiro atoms. The first-order valence-electron chi connectivity index (χ1n) is 19.8. The molecule has 1 saturated heterocycles. The van der Waals surface area contributed by atoms with E-state index < -0.39 is 24.0 Å². The van der Waals surface area contributed by atoms with E-state index in [0.29, 0.717) is 33.9 Å². The number of benzene rings is 4. The molecule has 14 heteroatoms. The Bertz CT molecular complexity index is 2130. The van der Waals surface area contributed by atoms with Crippen molar-refractivity contribution in [1.82, 2.24) is 0 Å². The van der Waals surface area contributed by atoms with Crippen LogP contribution in [0.25, 0.3) is 11.1 Å². The first kappa shape index (κ1) is 51.0. The van der Waals surface area contributed by atoms with Crippen molar-refractivity contribution in [3.05, 3.63) is 119 Å². The van der Waals surface area contributed by atoms with Gasteiger partial charge in [-0.2, -0.15) is 0 Å². The lowest BCUT2D eigenvalue weighted by Gasteiger charge is -2.32. The Kier molecular flexibility index (Phi) is 18.4. The molecule has 2 atom stereocenters. The summed E-state index contributed by atoms with van der Waals surface area (Å²) < 4.78 is 51.0. The highest BCUT2D eigenvalue weighted by atomic mass is 79.9. The molecule has 0 saturated carbocycles. The second-order valence-electron chi connectivity index (χ2n) is 16.0. The minimum absolute atomic E-state index is 0.0271. The normalized spacial score (nSPS) is 14.9. The molecule has 0 aliphatic carbocycles. The molecular formula is C46H58BBrCl2F2N2O6. The minimum Gasteiger partial charge on any atom is -0.466 e. The number of carbonyl (C=O) groups excluding carboxylic acids is 2. The molecule has 0 amide bonds. The molecule has 8 nitrogen and oxygen atoms in total.